The number of aryl methyl sites for hydroxylation is 1. The molecule has 3 aromatic rings. The van der Waals surface area contributed by atoms with Gasteiger partial charge < -0.3 is 10.0 Å². The van der Waals surface area contributed by atoms with Gasteiger partial charge in [0.15, 0.2) is 0 Å². The van der Waals surface area contributed by atoms with Gasteiger partial charge in [0, 0.05) is 13.0 Å². The van der Waals surface area contributed by atoms with E-state index in [-0.39, 0.29) is 12.5 Å². The van der Waals surface area contributed by atoms with Crippen LogP contribution in [0.5, 0.6) is 0 Å². The number of rotatable bonds is 3. The molecule has 0 saturated heterocycles. The summed E-state index contributed by atoms with van der Waals surface area (Å²) in [5.74, 6) is -1.30. The molecule has 2 heterocycles. The second kappa shape index (κ2) is 6.96. The summed E-state index contributed by atoms with van der Waals surface area (Å²) in [5.41, 5.74) is 5.03. The molecule has 2 aromatic carbocycles. The Morgan fingerprint density at radius 3 is 2.43 bits per heavy atom. The molecular weight excluding hydrogens is 354 g/mol. The molecular formula is C22H21N3O3. The van der Waals surface area contributed by atoms with E-state index in [1.54, 1.807) is 4.68 Å². The van der Waals surface area contributed by atoms with E-state index in [0.29, 0.717) is 17.7 Å². The number of amides is 1. The molecule has 0 spiro atoms. The zero-order valence-corrected chi connectivity index (χ0v) is 15.8. The summed E-state index contributed by atoms with van der Waals surface area (Å²) in [5, 5.41) is 14.1. The first-order valence-corrected chi connectivity index (χ1v) is 9.18. The fourth-order valence-electron chi connectivity index (χ4n) is 3.78. The molecule has 0 radical (unpaired) electrons. The molecule has 1 atom stereocenters. The smallest absolute Gasteiger partial charge is 0.326 e. The second-order valence-electron chi connectivity index (χ2n) is 7.10. The number of carbonyl (C=O) groups excluding carboxylic acids is 1. The first-order chi connectivity index (χ1) is 13.5. The minimum absolute atomic E-state index is 0.279. The number of fused-ring (bicyclic) bond motifs is 1. The van der Waals surface area contributed by atoms with Crippen LogP contribution in [-0.2, 0) is 17.8 Å². The van der Waals surface area contributed by atoms with Gasteiger partial charge in [-0.1, -0.05) is 42.5 Å². The largest absolute Gasteiger partial charge is 0.480 e. The summed E-state index contributed by atoms with van der Waals surface area (Å²) in [6.45, 7) is 4.10. The number of hydrogen-bond donors (Lipinski definition) is 1. The van der Waals surface area contributed by atoms with Gasteiger partial charge in [0.2, 0.25) is 0 Å². The van der Waals surface area contributed by atoms with Crippen LogP contribution in [0.3, 0.4) is 0 Å². The highest BCUT2D eigenvalue weighted by Gasteiger charge is 2.36. The summed E-state index contributed by atoms with van der Waals surface area (Å²) in [4.78, 5) is 26.6. The normalized spacial score (nSPS) is 15.9. The SMILES string of the molecule is Cc1ccccc1-n1ncc(C(=O)N2Cc3ccccc3CC2C(=O)O)c1C. The van der Waals surface area contributed by atoms with Crippen LogP contribution in [0.4, 0.5) is 0 Å². The first kappa shape index (κ1) is 18.0. The van der Waals surface area contributed by atoms with Crippen molar-refractivity contribution < 1.29 is 14.7 Å². The van der Waals surface area contributed by atoms with E-state index >= 15 is 0 Å². The van der Waals surface area contributed by atoms with Crippen molar-refractivity contribution in [3.63, 3.8) is 0 Å². The fourth-order valence-corrected chi connectivity index (χ4v) is 3.78. The highest BCUT2D eigenvalue weighted by molar-refractivity contribution is 5.97. The van der Waals surface area contributed by atoms with Crippen LogP contribution in [0.2, 0.25) is 0 Å². The third-order valence-corrected chi connectivity index (χ3v) is 5.38. The Bertz CT molecular complexity index is 1070. The van der Waals surface area contributed by atoms with Gasteiger partial charge in [0.05, 0.1) is 23.1 Å². The van der Waals surface area contributed by atoms with Crippen molar-refractivity contribution in [2.45, 2.75) is 32.9 Å². The first-order valence-electron chi connectivity index (χ1n) is 9.18. The number of benzene rings is 2. The van der Waals surface area contributed by atoms with Crippen molar-refractivity contribution in [2.75, 3.05) is 0 Å². The topological polar surface area (TPSA) is 75.4 Å². The lowest BCUT2D eigenvalue weighted by atomic mass is 9.93. The van der Waals surface area contributed by atoms with Crippen LogP contribution in [0.1, 0.15) is 32.7 Å². The van der Waals surface area contributed by atoms with Gasteiger partial charge in [-0.3, -0.25) is 4.79 Å². The Labute approximate surface area is 163 Å². The molecule has 1 aliphatic rings. The van der Waals surface area contributed by atoms with Gasteiger partial charge in [-0.25, -0.2) is 9.48 Å². The Kier molecular flexibility index (Phi) is 4.47. The standard InChI is InChI=1S/C22H21N3O3/c1-14-7-3-6-10-19(14)25-15(2)18(12-23-25)21(26)24-13-17-9-5-4-8-16(17)11-20(24)22(27)28/h3-10,12,20H,11,13H2,1-2H3,(H,27,28). The number of aromatic nitrogens is 2. The van der Waals surface area contributed by atoms with Crippen LogP contribution in [0.25, 0.3) is 5.69 Å². The van der Waals surface area contributed by atoms with Crippen molar-refractivity contribution in [1.82, 2.24) is 14.7 Å². The molecule has 6 nitrogen and oxygen atoms in total. The van der Waals surface area contributed by atoms with E-state index < -0.39 is 12.0 Å². The fraction of sp³-hybridized carbons (Fsp3) is 0.227. The van der Waals surface area contributed by atoms with Crippen LogP contribution < -0.4 is 0 Å². The summed E-state index contributed by atoms with van der Waals surface area (Å²) in [7, 11) is 0. The zero-order chi connectivity index (χ0) is 19.8. The number of para-hydroxylation sites is 1. The number of nitrogens with zero attached hydrogens (tertiary/aromatic N) is 3. The Balaban J connectivity index is 1.71. The highest BCUT2D eigenvalue weighted by Crippen LogP contribution is 2.26. The third-order valence-electron chi connectivity index (χ3n) is 5.38. The summed E-state index contributed by atoms with van der Waals surface area (Å²) in [6.07, 6.45) is 1.84. The summed E-state index contributed by atoms with van der Waals surface area (Å²) in [6, 6.07) is 14.6. The predicted octanol–water partition coefficient (Wildman–Crippen LogP) is 3.14. The number of carbonyl (C=O) groups is 2. The van der Waals surface area contributed by atoms with Gasteiger partial charge in [-0.05, 0) is 36.6 Å². The molecule has 1 N–H and O–H groups in total. The van der Waals surface area contributed by atoms with E-state index in [1.165, 1.54) is 11.1 Å². The molecule has 0 saturated carbocycles. The maximum atomic E-state index is 13.3. The van der Waals surface area contributed by atoms with Crippen LogP contribution in [0.15, 0.2) is 54.7 Å². The molecule has 1 unspecified atom stereocenters. The van der Waals surface area contributed by atoms with Gasteiger partial charge in [-0.2, -0.15) is 5.10 Å². The molecule has 0 bridgehead atoms. The second-order valence-corrected chi connectivity index (χ2v) is 7.10. The van der Waals surface area contributed by atoms with Crippen molar-refractivity contribution in [1.29, 1.82) is 0 Å². The van der Waals surface area contributed by atoms with Gasteiger partial charge in [0.25, 0.3) is 5.91 Å². The van der Waals surface area contributed by atoms with Crippen LogP contribution in [-0.4, -0.2) is 37.7 Å². The van der Waals surface area contributed by atoms with Crippen LogP contribution >= 0.6 is 0 Å². The lowest BCUT2D eigenvalue weighted by Gasteiger charge is -2.34. The molecule has 6 heteroatoms. The van der Waals surface area contributed by atoms with Gasteiger partial charge in [0.1, 0.15) is 6.04 Å². The van der Waals surface area contributed by atoms with Gasteiger partial charge in [-0.15, -0.1) is 0 Å². The number of aliphatic carboxylic acids is 1. The molecule has 0 aliphatic carbocycles. The molecule has 0 fully saturated rings. The maximum absolute atomic E-state index is 13.3. The molecule has 1 amide bonds. The average molecular weight is 375 g/mol. The minimum atomic E-state index is -0.994. The monoisotopic (exact) mass is 375 g/mol. The van der Waals surface area contributed by atoms with Crippen molar-refractivity contribution >= 4 is 11.9 Å². The predicted molar refractivity (Wildman–Crippen MR) is 104 cm³/mol. The highest BCUT2D eigenvalue weighted by atomic mass is 16.4. The number of carboxylic acids is 1. The number of hydrogen-bond acceptors (Lipinski definition) is 3. The lowest BCUT2D eigenvalue weighted by Crippen LogP contribution is -2.48. The van der Waals surface area contributed by atoms with E-state index in [9.17, 15) is 14.7 Å². The molecule has 28 heavy (non-hydrogen) atoms. The average Bonchev–Trinajstić information content (AvgIpc) is 3.08. The van der Waals surface area contributed by atoms with Gasteiger partial charge >= 0.3 is 5.97 Å². The molecule has 4 rings (SSSR count). The van der Waals surface area contributed by atoms with E-state index in [1.807, 2.05) is 62.4 Å². The van der Waals surface area contributed by atoms with Crippen LogP contribution in [0, 0.1) is 13.8 Å². The van der Waals surface area contributed by atoms with Crippen molar-refractivity contribution in [3.8, 4) is 5.69 Å². The molecule has 1 aromatic heterocycles. The Morgan fingerprint density at radius 2 is 1.71 bits per heavy atom. The molecule has 142 valence electrons. The van der Waals surface area contributed by atoms with E-state index in [0.717, 1.165) is 22.4 Å². The maximum Gasteiger partial charge on any atom is 0.326 e. The lowest BCUT2D eigenvalue weighted by molar-refractivity contribution is -0.142. The quantitative estimate of drug-likeness (QED) is 0.763. The van der Waals surface area contributed by atoms with E-state index in [4.69, 9.17) is 0 Å². The van der Waals surface area contributed by atoms with Crippen molar-refractivity contribution in [3.05, 3.63) is 82.7 Å². The molecule has 1 aliphatic heterocycles. The van der Waals surface area contributed by atoms with Crippen molar-refractivity contribution in [2.24, 2.45) is 0 Å². The Hall–Kier alpha value is -3.41. The number of carboxylic acid groups (broad SMARTS) is 1. The minimum Gasteiger partial charge on any atom is -0.480 e. The summed E-state index contributed by atoms with van der Waals surface area (Å²) < 4.78 is 1.73. The zero-order valence-electron chi connectivity index (χ0n) is 15.8. The Morgan fingerprint density at radius 1 is 1.04 bits per heavy atom. The summed E-state index contributed by atoms with van der Waals surface area (Å²) >= 11 is 0. The van der Waals surface area contributed by atoms with E-state index in [2.05, 4.69) is 5.10 Å². The third kappa shape index (κ3) is 2.97.